The highest BCUT2D eigenvalue weighted by Gasteiger charge is 2.29. The third-order valence-electron chi connectivity index (χ3n) is 5.83. The zero-order valence-corrected chi connectivity index (χ0v) is 22.7. The van der Waals surface area contributed by atoms with Crippen LogP contribution in [0.2, 0.25) is 0 Å². The number of urea groups is 1. The Labute approximate surface area is 228 Å². The summed E-state index contributed by atoms with van der Waals surface area (Å²) in [7, 11) is 1.45. The highest BCUT2D eigenvalue weighted by molar-refractivity contribution is 5.97. The van der Waals surface area contributed by atoms with Crippen molar-refractivity contribution in [1.29, 1.82) is 0 Å². The van der Waals surface area contributed by atoms with E-state index in [4.69, 9.17) is 16.2 Å². The molecular weight excluding hydrogens is 508 g/mol. The normalized spacial score (nSPS) is 12.1. The predicted octanol–water partition coefficient (Wildman–Crippen LogP) is 0.954. The summed E-state index contributed by atoms with van der Waals surface area (Å²) in [6.07, 6.45) is -0.143. The molecule has 0 aliphatic carbocycles. The summed E-state index contributed by atoms with van der Waals surface area (Å²) in [6.45, 7) is 3.67. The number of Topliss-reactive ketones (excluding diaryl/α,β-unsaturated/α-hetero) is 2. The van der Waals surface area contributed by atoms with E-state index in [0.717, 1.165) is 0 Å². The molecule has 13 heteroatoms. The van der Waals surface area contributed by atoms with Crippen molar-refractivity contribution in [3.05, 3.63) is 29.8 Å². The average molecular weight is 549 g/mol. The van der Waals surface area contributed by atoms with Gasteiger partial charge in [0.2, 0.25) is 11.8 Å². The molecule has 0 saturated carbocycles. The van der Waals surface area contributed by atoms with Gasteiger partial charge in [-0.15, -0.1) is 0 Å². The lowest BCUT2D eigenvalue weighted by molar-refractivity contribution is -0.131. The van der Waals surface area contributed by atoms with Gasteiger partial charge in [-0.3, -0.25) is 19.2 Å². The van der Waals surface area contributed by atoms with Crippen molar-refractivity contribution in [2.75, 3.05) is 25.5 Å². The van der Waals surface area contributed by atoms with Crippen LogP contribution < -0.4 is 32.7 Å². The second-order valence-corrected chi connectivity index (χ2v) is 9.34. The minimum atomic E-state index is -0.843. The summed E-state index contributed by atoms with van der Waals surface area (Å²) in [5, 5.41) is 10.3. The van der Waals surface area contributed by atoms with Crippen LogP contribution in [-0.4, -0.2) is 61.7 Å². The van der Waals surface area contributed by atoms with Gasteiger partial charge in [-0.25, -0.2) is 9.59 Å². The molecule has 1 unspecified atom stereocenters. The Kier molecular flexibility index (Phi) is 14.8. The molecule has 1 aromatic rings. The van der Waals surface area contributed by atoms with Crippen molar-refractivity contribution < 1.29 is 33.5 Å². The number of hydrogen-bond donors (Lipinski definition) is 6. The third-order valence-corrected chi connectivity index (χ3v) is 5.83. The molecule has 0 aliphatic rings. The summed E-state index contributed by atoms with van der Waals surface area (Å²) in [5.74, 6) is -2.44. The maximum Gasteiger partial charge on any atom is 0.407 e. The number of anilines is 1. The summed E-state index contributed by atoms with van der Waals surface area (Å²) >= 11 is 0. The number of benzene rings is 1. The SMILES string of the molecule is CNC(=O)OCc1ccc(NC(=O)[C@H](CCCNC(N)=O)CC(=O)C(NC(=O)CCC(=O)CN)C(C)C)cc1. The van der Waals surface area contributed by atoms with E-state index in [9.17, 15) is 28.8 Å². The van der Waals surface area contributed by atoms with E-state index < -0.39 is 35.9 Å². The Balaban J connectivity index is 2.90. The Morgan fingerprint density at radius 2 is 1.67 bits per heavy atom. The molecule has 0 bridgehead atoms. The van der Waals surface area contributed by atoms with Gasteiger partial charge in [0.25, 0.3) is 0 Å². The number of ether oxygens (including phenoxy) is 1. The minimum Gasteiger partial charge on any atom is -0.445 e. The third kappa shape index (κ3) is 13.4. The van der Waals surface area contributed by atoms with E-state index >= 15 is 0 Å². The molecule has 2 atom stereocenters. The number of amides is 5. The largest absolute Gasteiger partial charge is 0.445 e. The number of primary amides is 1. The van der Waals surface area contributed by atoms with Crippen molar-refractivity contribution in [1.82, 2.24) is 16.0 Å². The van der Waals surface area contributed by atoms with Crippen LogP contribution in [0, 0.1) is 11.8 Å². The fourth-order valence-electron chi connectivity index (χ4n) is 3.62. The number of hydrogen-bond acceptors (Lipinski definition) is 8. The second kappa shape index (κ2) is 17.5. The maximum absolute atomic E-state index is 13.2. The van der Waals surface area contributed by atoms with Crippen LogP contribution in [0.25, 0.3) is 0 Å². The first-order chi connectivity index (χ1) is 18.5. The van der Waals surface area contributed by atoms with E-state index in [1.807, 2.05) is 0 Å². The highest BCUT2D eigenvalue weighted by atomic mass is 16.5. The van der Waals surface area contributed by atoms with Crippen molar-refractivity contribution in [3.63, 3.8) is 0 Å². The molecule has 0 radical (unpaired) electrons. The fourth-order valence-corrected chi connectivity index (χ4v) is 3.62. The van der Waals surface area contributed by atoms with Gasteiger partial charge in [0, 0.05) is 44.5 Å². The van der Waals surface area contributed by atoms with Crippen LogP contribution in [0.5, 0.6) is 0 Å². The first kappa shape index (κ1) is 33.0. The molecule has 0 fully saturated rings. The van der Waals surface area contributed by atoms with E-state index in [1.165, 1.54) is 7.05 Å². The van der Waals surface area contributed by atoms with Crippen molar-refractivity contribution in [2.24, 2.45) is 23.3 Å². The van der Waals surface area contributed by atoms with E-state index in [2.05, 4.69) is 21.3 Å². The summed E-state index contributed by atoms with van der Waals surface area (Å²) in [5.41, 5.74) is 11.6. The minimum absolute atomic E-state index is 0.0179. The van der Waals surface area contributed by atoms with E-state index in [0.29, 0.717) is 17.7 Å². The van der Waals surface area contributed by atoms with Gasteiger partial charge >= 0.3 is 12.1 Å². The molecule has 0 saturated heterocycles. The molecule has 1 rings (SSSR count). The Morgan fingerprint density at radius 1 is 1.00 bits per heavy atom. The quantitative estimate of drug-likeness (QED) is 0.154. The molecular formula is C26H40N6O7. The van der Waals surface area contributed by atoms with E-state index in [1.54, 1.807) is 38.1 Å². The molecule has 5 amide bonds. The van der Waals surface area contributed by atoms with Gasteiger partial charge in [0.15, 0.2) is 5.78 Å². The number of nitrogens with two attached hydrogens (primary N) is 2. The number of nitrogens with one attached hydrogen (secondary N) is 4. The second-order valence-electron chi connectivity index (χ2n) is 9.34. The van der Waals surface area contributed by atoms with E-state index in [-0.39, 0.29) is 62.9 Å². The molecule has 13 nitrogen and oxygen atoms in total. The Morgan fingerprint density at radius 3 is 2.23 bits per heavy atom. The lowest BCUT2D eigenvalue weighted by Crippen LogP contribution is -2.45. The zero-order valence-electron chi connectivity index (χ0n) is 22.7. The van der Waals surface area contributed by atoms with Gasteiger partial charge in [-0.05, 0) is 36.5 Å². The number of ketones is 2. The maximum atomic E-state index is 13.2. The molecule has 0 aliphatic heterocycles. The van der Waals surface area contributed by atoms with Crippen LogP contribution >= 0.6 is 0 Å². The number of rotatable bonds is 17. The zero-order chi connectivity index (χ0) is 29.4. The molecule has 0 aromatic heterocycles. The van der Waals surface area contributed by atoms with Gasteiger partial charge in [-0.2, -0.15) is 0 Å². The Hall–Kier alpha value is -4.00. The number of alkyl carbamates (subject to hydrolysis) is 1. The standard InChI is InChI=1S/C26H40N6O7/c1-16(2)23(32-22(35)11-10-20(33)14-27)21(34)13-18(5-4-12-30-25(28)37)24(36)31-19-8-6-17(7-9-19)15-39-26(38)29-3/h6-9,16,18,23H,4-5,10-15,27H2,1-3H3,(H,29,38)(H,31,36)(H,32,35)(H3,28,30,37)/t18-,23?/m1/s1. The monoisotopic (exact) mass is 548 g/mol. The molecule has 39 heavy (non-hydrogen) atoms. The van der Waals surface area contributed by atoms with Gasteiger partial charge < -0.3 is 37.5 Å². The topological polar surface area (TPSA) is 212 Å². The van der Waals surface area contributed by atoms with Gasteiger partial charge in [-0.1, -0.05) is 26.0 Å². The number of carbonyl (C=O) groups is 6. The summed E-state index contributed by atoms with van der Waals surface area (Å²) in [6, 6.07) is 5.14. The first-order valence-corrected chi connectivity index (χ1v) is 12.8. The van der Waals surface area contributed by atoms with Crippen molar-refractivity contribution in [3.8, 4) is 0 Å². The molecule has 1 aromatic carbocycles. The predicted molar refractivity (Wildman–Crippen MR) is 144 cm³/mol. The van der Waals surface area contributed by atoms with Gasteiger partial charge in [0.1, 0.15) is 12.4 Å². The highest BCUT2D eigenvalue weighted by Crippen LogP contribution is 2.19. The fraction of sp³-hybridized carbons (Fsp3) is 0.538. The molecule has 0 heterocycles. The van der Waals surface area contributed by atoms with Gasteiger partial charge in [0.05, 0.1) is 12.6 Å². The van der Waals surface area contributed by atoms with Crippen molar-refractivity contribution >= 4 is 41.2 Å². The lowest BCUT2D eigenvalue weighted by atomic mass is 9.89. The van der Waals surface area contributed by atoms with Crippen LogP contribution in [0.1, 0.15) is 51.5 Å². The van der Waals surface area contributed by atoms with Crippen LogP contribution in [-0.2, 0) is 30.5 Å². The smallest absolute Gasteiger partial charge is 0.407 e. The summed E-state index contributed by atoms with van der Waals surface area (Å²) < 4.78 is 4.99. The van der Waals surface area contributed by atoms with Crippen LogP contribution in [0.15, 0.2) is 24.3 Å². The first-order valence-electron chi connectivity index (χ1n) is 12.8. The summed E-state index contributed by atoms with van der Waals surface area (Å²) in [4.78, 5) is 72.3. The lowest BCUT2D eigenvalue weighted by Gasteiger charge is -2.24. The molecule has 8 N–H and O–H groups in total. The number of carbonyl (C=O) groups excluding carboxylic acids is 6. The Bertz CT molecular complexity index is 997. The molecule has 216 valence electrons. The average Bonchev–Trinajstić information content (AvgIpc) is 2.90. The van der Waals surface area contributed by atoms with Crippen LogP contribution in [0.3, 0.4) is 0 Å². The van der Waals surface area contributed by atoms with Crippen molar-refractivity contribution in [2.45, 2.75) is 58.6 Å². The molecule has 0 spiro atoms. The van der Waals surface area contributed by atoms with Crippen LogP contribution in [0.4, 0.5) is 15.3 Å².